The molecule has 0 spiro atoms. The lowest BCUT2D eigenvalue weighted by atomic mass is 9.86. The number of carboxylic acid groups (broad SMARTS) is 1. The highest BCUT2D eigenvalue weighted by atomic mass is 16.4. The number of anilines is 1. The normalized spacial score (nSPS) is 11.8. The summed E-state index contributed by atoms with van der Waals surface area (Å²) in [5.74, 6) is -0.908. The number of aromatic nitrogens is 1. The molecule has 28 heavy (non-hydrogen) atoms. The molecule has 0 atom stereocenters. The van der Waals surface area contributed by atoms with Crippen molar-refractivity contribution >= 4 is 22.6 Å². The molecule has 0 amide bonds. The highest BCUT2D eigenvalue weighted by Gasteiger charge is 2.22. The summed E-state index contributed by atoms with van der Waals surface area (Å²) in [6.45, 7) is 9.61. The van der Waals surface area contributed by atoms with E-state index in [1.54, 1.807) is 4.57 Å². The Morgan fingerprint density at radius 3 is 2.36 bits per heavy atom. The van der Waals surface area contributed by atoms with Gasteiger partial charge in [-0.3, -0.25) is 0 Å². The molecule has 1 heterocycles. The number of hydrogen-bond donors (Lipinski definition) is 2. The summed E-state index contributed by atoms with van der Waals surface area (Å²) in [6, 6.07) is 14.4. The van der Waals surface area contributed by atoms with Crippen LogP contribution in [0.4, 0.5) is 5.69 Å². The van der Waals surface area contributed by atoms with Crippen molar-refractivity contribution in [2.75, 3.05) is 11.9 Å². The van der Waals surface area contributed by atoms with E-state index in [1.807, 2.05) is 31.3 Å². The molecule has 148 valence electrons. The molecule has 0 aliphatic rings. The molecule has 0 unspecified atom stereocenters. The van der Waals surface area contributed by atoms with Crippen molar-refractivity contribution in [1.82, 2.24) is 4.57 Å². The minimum absolute atomic E-state index is 0.0588. The third-order valence-corrected chi connectivity index (χ3v) is 5.30. The molecule has 2 N–H and O–H groups in total. The number of nitrogens with one attached hydrogen (secondary N) is 1. The topological polar surface area (TPSA) is 54.3 Å². The second kappa shape index (κ2) is 7.70. The van der Waals surface area contributed by atoms with Gasteiger partial charge >= 0.3 is 5.97 Å². The Labute approximate surface area is 167 Å². The fraction of sp³-hybridized carbons (Fsp3) is 0.375. The summed E-state index contributed by atoms with van der Waals surface area (Å²) in [6.07, 6.45) is 2.24. The number of fused-ring (bicyclic) bond motifs is 1. The van der Waals surface area contributed by atoms with Gasteiger partial charge in [-0.1, -0.05) is 58.4 Å². The molecule has 0 bridgehead atoms. The van der Waals surface area contributed by atoms with Gasteiger partial charge in [0.2, 0.25) is 0 Å². The van der Waals surface area contributed by atoms with E-state index in [-0.39, 0.29) is 5.41 Å². The van der Waals surface area contributed by atoms with Crippen LogP contribution in [0.15, 0.2) is 42.5 Å². The molecule has 0 saturated carbocycles. The summed E-state index contributed by atoms with van der Waals surface area (Å²) in [4.78, 5) is 12.1. The molecule has 0 aliphatic heterocycles. The zero-order chi connectivity index (χ0) is 20.5. The number of carboxylic acids is 1. The van der Waals surface area contributed by atoms with Crippen LogP contribution in [0, 0.1) is 0 Å². The van der Waals surface area contributed by atoms with E-state index < -0.39 is 5.97 Å². The summed E-state index contributed by atoms with van der Waals surface area (Å²) in [5, 5.41) is 14.3. The van der Waals surface area contributed by atoms with Gasteiger partial charge in [-0.2, -0.15) is 0 Å². The predicted octanol–water partition coefficient (Wildman–Crippen LogP) is 6.05. The van der Waals surface area contributed by atoms with Crippen LogP contribution < -0.4 is 5.32 Å². The Hall–Kier alpha value is -2.75. The average molecular weight is 379 g/mol. The lowest BCUT2D eigenvalue weighted by molar-refractivity contribution is 0.0688. The lowest BCUT2D eigenvalue weighted by Crippen LogP contribution is -2.10. The third kappa shape index (κ3) is 3.77. The summed E-state index contributed by atoms with van der Waals surface area (Å²) < 4.78 is 1.78. The molecule has 0 radical (unpaired) electrons. The number of nitrogens with zero attached hydrogens (tertiary/aromatic N) is 1. The molecule has 1 aromatic heterocycles. The van der Waals surface area contributed by atoms with E-state index in [0.717, 1.165) is 47.1 Å². The Morgan fingerprint density at radius 2 is 1.79 bits per heavy atom. The third-order valence-electron chi connectivity index (χ3n) is 5.30. The number of aromatic carboxylic acids is 1. The van der Waals surface area contributed by atoms with E-state index in [1.165, 1.54) is 5.56 Å². The van der Waals surface area contributed by atoms with Crippen molar-refractivity contribution in [3.63, 3.8) is 0 Å². The Balaban J connectivity index is 2.16. The molecule has 4 heteroatoms. The number of hydrogen-bond acceptors (Lipinski definition) is 2. The molecule has 2 aromatic carbocycles. The standard InChI is InChI=1S/C24H30N2O2/c1-6-7-14-25-18-12-13-20-19(15-18)21(22(23(27)28)26(20)5)16-8-10-17(11-9-16)24(2,3)4/h8-13,15,25H,6-7,14H2,1-5H3,(H,27,28). The van der Waals surface area contributed by atoms with E-state index in [2.05, 4.69) is 51.2 Å². The van der Waals surface area contributed by atoms with E-state index >= 15 is 0 Å². The fourth-order valence-electron chi connectivity index (χ4n) is 3.64. The zero-order valence-electron chi connectivity index (χ0n) is 17.5. The summed E-state index contributed by atoms with van der Waals surface area (Å²) in [5.41, 5.74) is 5.28. The van der Waals surface area contributed by atoms with Gasteiger partial charge in [0.25, 0.3) is 0 Å². The Kier molecular flexibility index (Phi) is 5.50. The van der Waals surface area contributed by atoms with Crippen LogP contribution in [-0.4, -0.2) is 22.2 Å². The van der Waals surface area contributed by atoms with Gasteiger partial charge in [0.15, 0.2) is 0 Å². The quantitative estimate of drug-likeness (QED) is 0.513. The van der Waals surface area contributed by atoms with Crippen molar-refractivity contribution < 1.29 is 9.90 Å². The van der Waals surface area contributed by atoms with Crippen molar-refractivity contribution in [3.05, 3.63) is 53.7 Å². The van der Waals surface area contributed by atoms with Crippen LogP contribution >= 0.6 is 0 Å². The molecule has 3 rings (SSSR count). The van der Waals surface area contributed by atoms with Gasteiger partial charge in [-0.25, -0.2) is 4.79 Å². The smallest absolute Gasteiger partial charge is 0.353 e. The average Bonchev–Trinajstić information content (AvgIpc) is 2.94. The first kappa shape index (κ1) is 20.0. The first-order valence-electron chi connectivity index (χ1n) is 9.94. The van der Waals surface area contributed by atoms with E-state index in [4.69, 9.17) is 0 Å². The first-order valence-corrected chi connectivity index (χ1v) is 9.94. The van der Waals surface area contributed by atoms with Crippen LogP contribution in [0.3, 0.4) is 0 Å². The zero-order valence-corrected chi connectivity index (χ0v) is 17.5. The van der Waals surface area contributed by atoms with Crippen LogP contribution in [0.2, 0.25) is 0 Å². The van der Waals surface area contributed by atoms with Gasteiger partial charge < -0.3 is 15.0 Å². The molecular formula is C24H30N2O2. The highest BCUT2D eigenvalue weighted by Crippen LogP contribution is 2.37. The molecule has 0 saturated heterocycles. The molecular weight excluding hydrogens is 348 g/mol. The minimum atomic E-state index is -0.908. The van der Waals surface area contributed by atoms with Crippen molar-refractivity contribution in [2.45, 2.75) is 46.0 Å². The largest absolute Gasteiger partial charge is 0.477 e. The van der Waals surface area contributed by atoms with Crippen LogP contribution in [0.5, 0.6) is 0 Å². The second-order valence-corrected chi connectivity index (χ2v) is 8.43. The maximum absolute atomic E-state index is 12.1. The molecule has 0 fully saturated rings. The van der Waals surface area contributed by atoms with Gasteiger partial charge in [0, 0.05) is 35.7 Å². The van der Waals surface area contributed by atoms with E-state index in [9.17, 15) is 9.90 Å². The van der Waals surface area contributed by atoms with Gasteiger partial charge in [0.05, 0.1) is 0 Å². The molecule has 4 nitrogen and oxygen atoms in total. The Morgan fingerprint density at radius 1 is 1.11 bits per heavy atom. The molecule has 0 aliphatic carbocycles. The van der Waals surface area contributed by atoms with Crippen molar-refractivity contribution in [2.24, 2.45) is 7.05 Å². The van der Waals surface area contributed by atoms with E-state index in [0.29, 0.717) is 5.69 Å². The minimum Gasteiger partial charge on any atom is -0.477 e. The number of benzene rings is 2. The highest BCUT2D eigenvalue weighted by molar-refractivity contribution is 6.08. The van der Waals surface area contributed by atoms with Gasteiger partial charge in [-0.15, -0.1) is 0 Å². The number of carbonyl (C=O) groups is 1. The molecule has 3 aromatic rings. The monoisotopic (exact) mass is 378 g/mol. The number of rotatable bonds is 6. The first-order chi connectivity index (χ1) is 13.2. The maximum atomic E-state index is 12.1. The van der Waals surface area contributed by atoms with Crippen LogP contribution in [0.25, 0.3) is 22.0 Å². The predicted molar refractivity (Wildman–Crippen MR) is 117 cm³/mol. The van der Waals surface area contributed by atoms with Crippen molar-refractivity contribution in [1.29, 1.82) is 0 Å². The fourth-order valence-corrected chi connectivity index (χ4v) is 3.64. The van der Waals surface area contributed by atoms with Crippen LogP contribution in [-0.2, 0) is 12.5 Å². The van der Waals surface area contributed by atoms with Crippen LogP contribution in [0.1, 0.15) is 56.6 Å². The van der Waals surface area contributed by atoms with Gasteiger partial charge in [0.1, 0.15) is 5.69 Å². The lowest BCUT2D eigenvalue weighted by Gasteiger charge is -2.19. The Bertz CT molecular complexity index is 992. The van der Waals surface area contributed by atoms with Gasteiger partial charge in [-0.05, 0) is 41.2 Å². The maximum Gasteiger partial charge on any atom is 0.353 e. The summed E-state index contributed by atoms with van der Waals surface area (Å²) in [7, 11) is 1.82. The van der Waals surface area contributed by atoms with Crippen molar-refractivity contribution in [3.8, 4) is 11.1 Å². The SMILES string of the molecule is CCCCNc1ccc2c(c1)c(-c1ccc(C(C)(C)C)cc1)c(C(=O)O)n2C. The number of unbranched alkanes of at least 4 members (excludes halogenated alkanes) is 1. The second-order valence-electron chi connectivity index (χ2n) is 8.43. The summed E-state index contributed by atoms with van der Waals surface area (Å²) >= 11 is 0. The number of aryl methyl sites for hydroxylation is 1.